The van der Waals surface area contributed by atoms with E-state index in [4.69, 9.17) is 0 Å². The van der Waals surface area contributed by atoms with Gasteiger partial charge in [-0.2, -0.15) is 0 Å². The number of piperidine rings is 1. The van der Waals surface area contributed by atoms with E-state index < -0.39 is 0 Å². The molecule has 1 aliphatic heterocycles. The number of pyridine rings is 2. The van der Waals surface area contributed by atoms with Crippen molar-refractivity contribution >= 4 is 44.8 Å². The Bertz CT molecular complexity index is 1160. The van der Waals surface area contributed by atoms with E-state index in [1.54, 1.807) is 11.8 Å². The van der Waals surface area contributed by atoms with Crippen LogP contribution in [0.3, 0.4) is 0 Å². The maximum atomic E-state index is 4.64. The maximum Gasteiger partial charge on any atom is 0.130 e. The second-order valence-corrected chi connectivity index (χ2v) is 8.92. The fourth-order valence-corrected chi connectivity index (χ4v) is 4.50. The Balaban J connectivity index is 1.56. The number of allylic oxidation sites excluding steroid dienone is 2. The summed E-state index contributed by atoms with van der Waals surface area (Å²) in [7, 11) is 0. The lowest BCUT2D eigenvalue weighted by molar-refractivity contribution is 0.573. The average Bonchev–Trinajstić information content (AvgIpc) is 2.86. The Labute approximate surface area is 195 Å². The minimum atomic E-state index is 0.825. The third-order valence-electron chi connectivity index (χ3n) is 5.68. The smallest absolute Gasteiger partial charge is 0.130 e. The Morgan fingerprint density at radius 2 is 1.84 bits per heavy atom. The third kappa shape index (κ3) is 5.22. The highest BCUT2D eigenvalue weighted by Gasteiger charge is 2.13. The molecular formula is C27H30N4S. The maximum absolute atomic E-state index is 4.64. The number of nitrogens with zero attached hydrogens (tertiary/aromatic N) is 3. The molecule has 4 rings (SSSR count). The van der Waals surface area contributed by atoms with E-state index in [0.29, 0.717) is 0 Å². The highest BCUT2D eigenvalue weighted by molar-refractivity contribution is 8.10. The van der Waals surface area contributed by atoms with E-state index in [0.717, 1.165) is 57.2 Å². The quantitative estimate of drug-likeness (QED) is 0.415. The second kappa shape index (κ2) is 10.5. The van der Waals surface area contributed by atoms with Crippen molar-refractivity contribution in [2.45, 2.75) is 33.1 Å². The molecule has 32 heavy (non-hydrogen) atoms. The van der Waals surface area contributed by atoms with Gasteiger partial charge in [0.25, 0.3) is 0 Å². The molecule has 0 saturated carbocycles. The summed E-state index contributed by atoms with van der Waals surface area (Å²) in [4.78, 5) is 12.7. The van der Waals surface area contributed by atoms with E-state index in [-0.39, 0.29) is 0 Å². The summed E-state index contributed by atoms with van der Waals surface area (Å²) < 4.78 is 0. The predicted octanol–water partition coefficient (Wildman–Crippen LogP) is 7.33. The van der Waals surface area contributed by atoms with Crippen molar-refractivity contribution in [1.82, 2.24) is 9.97 Å². The van der Waals surface area contributed by atoms with Crippen LogP contribution in [-0.2, 0) is 0 Å². The number of anilines is 2. The normalized spacial score (nSPS) is 14.8. The fourth-order valence-electron chi connectivity index (χ4n) is 3.93. The molecule has 0 amide bonds. The first-order valence-corrected chi connectivity index (χ1v) is 12.1. The largest absolute Gasteiger partial charge is 0.357 e. The van der Waals surface area contributed by atoms with E-state index in [1.807, 2.05) is 32.3 Å². The number of hydrogen-bond acceptors (Lipinski definition) is 5. The molecule has 3 aromatic rings. The summed E-state index contributed by atoms with van der Waals surface area (Å²) in [6.07, 6.45) is 11.7. The van der Waals surface area contributed by atoms with Crippen LogP contribution in [0.25, 0.3) is 21.4 Å². The first-order valence-electron chi connectivity index (χ1n) is 11.2. The average molecular weight is 443 g/mol. The van der Waals surface area contributed by atoms with Gasteiger partial charge < -0.3 is 10.2 Å². The molecule has 0 bridgehead atoms. The van der Waals surface area contributed by atoms with Crippen molar-refractivity contribution in [2.24, 2.45) is 0 Å². The summed E-state index contributed by atoms with van der Waals surface area (Å²) in [6.45, 7) is 10.4. The molecule has 5 heteroatoms. The lowest BCUT2D eigenvalue weighted by atomic mass is 10.1. The number of hydrogen-bond donors (Lipinski definition) is 1. The van der Waals surface area contributed by atoms with Crippen LogP contribution in [0.1, 0.15) is 44.2 Å². The van der Waals surface area contributed by atoms with Crippen molar-refractivity contribution < 1.29 is 0 Å². The standard InChI is InChI=1S/C27H30N4S/c1-4-15-32-20(3)21-9-10-23-19-29-26(17-24(23)16-21)30-25(5-2)22-11-12-28-27(18-22)31-13-7-6-8-14-31/h4-5,9-12,15-19H,3,6-8,13-14H2,1-2H3,(H,29,30)/b15-4-,25-5+. The molecule has 1 saturated heterocycles. The number of thioether (sulfide) groups is 1. The predicted molar refractivity (Wildman–Crippen MR) is 141 cm³/mol. The van der Waals surface area contributed by atoms with Gasteiger partial charge in [0.15, 0.2) is 0 Å². The number of nitrogens with one attached hydrogen (secondary N) is 1. The van der Waals surface area contributed by atoms with Gasteiger partial charge in [-0.15, -0.1) is 0 Å². The van der Waals surface area contributed by atoms with Crippen LogP contribution >= 0.6 is 11.8 Å². The third-order valence-corrected chi connectivity index (χ3v) is 6.61. The van der Waals surface area contributed by atoms with Crippen molar-refractivity contribution in [3.8, 4) is 0 Å². The summed E-state index contributed by atoms with van der Waals surface area (Å²) in [6, 6.07) is 12.7. The van der Waals surface area contributed by atoms with Crippen molar-refractivity contribution in [3.05, 3.63) is 84.1 Å². The highest BCUT2D eigenvalue weighted by atomic mass is 32.2. The summed E-state index contributed by atoms with van der Waals surface area (Å²) >= 11 is 1.64. The molecule has 0 unspecified atom stereocenters. The van der Waals surface area contributed by atoms with Crippen LogP contribution in [0.4, 0.5) is 11.6 Å². The summed E-state index contributed by atoms with van der Waals surface area (Å²) in [5.41, 5.74) is 3.28. The van der Waals surface area contributed by atoms with Gasteiger partial charge in [-0.25, -0.2) is 9.97 Å². The zero-order chi connectivity index (χ0) is 22.3. The number of fused-ring (bicyclic) bond motifs is 1. The molecule has 0 aliphatic carbocycles. The first kappa shape index (κ1) is 22.2. The van der Waals surface area contributed by atoms with Crippen LogP contribution in [0.2, 0.25) is 0 Å². The molecule has 0 radical (unpaired) electrons. The first-order chi connectivity index (χ1) is 15.7. The molecular weight excluding hydrogens is 412 g/mol. The second-order valence-electron chi connectivity index (χ2n) is 7.92. The molecule has 1 fully saturated rings. The lowest BCUT2D eigenvalue weighted by Crippen LogP contribution is -2.30. The van der Waals surface area contributed by atoms with Gasteiger partial charge in [-0.05, 0) is 73.7 Å². The number of rotatable bonds is 7. The van der Waals surface area contributed by atoms with E-state index >= 15 is 0 Å². The summed E-state index contributed by atoms with van der Waals surface area (Å²) in [5, 5.41) is 7.82. The minimum absolute atomic E-state index is 0.825. The molecule has 1 N–H and O–H groups in total. The Morgan fingerprint density at radius 3 is 2.62 bits per heavy atom. The van der Waals surface area contributed by atoms with E-state index in [1.165, 1.54) is 19.3 Å². The Hall–Kier alpha value is -3.05. The zero-order valence-electron chi connectivity index (χ0n) is 18.8. The van der Waals surface area contributed by atoms with Gasteiger partial charge in [0.05, 0.1) is 0 Å². The Kier molecular flexibility index (Phi) is 7.28. The van der Waals surface area contributed by atoms with Gasteiger partial charge in [-0.3, -0.25) is 0 Å². The van der Waals surface area contributed by atoms with Gasteiger partial charge in [0, 0.05) is 47.0 Å². The van der Waals surface area contributed by atoms with Crippen LogP contribution in [0, 0.1) is 0 Å². The molecule has 2 aromatic heterocycles. The Morgan fingerprint density at radius 1 is 1.00 bits per heavy atom. The van der Waals surface area contributed by atoms with Crippen LogP contribution in [0.5, 0.6) is 0 Å². The van der Waals surface area contributed by atoms with Crippen molar-refractivity contribution in [3.63, 3.8) is 0 Å². The highest BCUT2D eigenvalue weighted by Crippen LogP contribution is 2.30. The van der Waals surface area contributed by atoms with Gasteiger partial charge in [0.1, 0.15) is 11.6 Å². The van der Waals surface area contributed by atoms with Crippen LogP contribution < -0.4 is 10.2 Å². The monoisotopic (exact) mass is 442 g/mol. The van der Waals surface area contributed by atoms with E-state index in [2.05, 4.69) is 74.6 Å². The molecule has 0 spiro atoms. The molecule has 1 aliphatic rings. The number of aromatic nitrogens is 2. The lowest BCUT2D eigenvalue weighted by Gasteiger charge is -2.28. The molecule has 164 valence electrons. The van der Waals surface area contributed by atoms with Gasteiger partial charge in [0.2, 0.25) is 0 Å². The summed E-state index contributed by atoms with van der Waals surface area (Å²) in [5.74, 6) is 1.88. The molecule has 3 heterocycles. The molecule has 0 atom stereocenters. The van der Waals surface area contributed by atoms with Crippen molar-refractivity contribution in [1.29, 1.82) is 0 Å². The molecule has 1 aromatic carbocycles. The molecule has 4 nitrogen and oxygen atoms in total. The van der Waals surface area contributed by atoms with Crippen molar-refractivity contribution in [2.75, 3.05) is 23.3 Å². The topological polar surface area (TPSA) is 41.1 Å². The van der Waals surface area contributed by atoms with Crippen LogP contribution in [-0.4, -0.2) is 23.1 Å². The van der Waals surface area contributed by atoms with Crippen LogP contribution in [0.15, 0.2) is 72.9 Å². The van der Waals surface area contributed by atoms with E-state index in [9.17, 15) is 0 Å². The number of benzene rings is 1. The minimum Gasteiger partial charge on any atom is -0.357 e. The van der Waals surface area contributed by atoms with Gasteiger partial charge >= 0.3 is 0 Å². The fraction of sp³-hybridized carbons (Fsp3) is 0.259. The SMILES string of the molecule is C=C(S/C=C\C)c1ccc2cnc(N/C(=C/C)c3ccnc(N4CCCCC4)c3)cc2c1. The van der Waals surface area contributed by atoms with Gasteiger partial charge in [-0.1, -0.05) is 42.6 Å². The zero-order valence-corrected chi connectivity index (χ0v) is 19.7.